The quantitative estimate of drug-likeness (QED) is 0.751. The minimum Gasteiger partial charge on any atom is -0.379 e. The molecule has 2 heterocycles. The number of nitrogens with one attached hydrogen (secondary N) is 1. The van der Waals surface area contributed by atoms with E-state index in [-0.39, 0.29) is 0 Å². The maximum Gasteiger partial charge on any atom is 0.0594 e. The summed E-state index contributed by atoms with van der Waals surface area (Å²) in [6.07, 6.45) is 3.82. The molecule has 1 unspecified atom stereocenters. The molecule has 0 aromatic carbocycles. The fourth-order valence-corrected chi connectivity index (χ4v) is 3.26. The Morgan fingerprint density at radius 3 is 2.58 bits per heavy atom. The Bertz CT molecular complexity index is 240. The molecule has 4 nitrogen and oxygen atoms in total. The van der Waals surface area contributed by atoms with Gasteiger partial charge in [-0.1, -0.05) is 13.8 Å². The molecule has 2 aliphatic heterocycles. The van der Waals surface area contributed by atoms with Gasteiger partial charge in [-0.2, -0.15) is 0 Å². The summed E-state index contributed by atoms with van der Waals surface area (Å²) in [4.78, 5) is 5.24. The SMILES string of the molecule is CCC(CC)NCCN1CCC(N2CCOCC2)C1. The third kappa shape index (κ3) is 4.71. The molecule has 2 rings (SSSR count). The highest BCUT2D eigenvalue weighted by Crippen LogP contribution is 2.16. The summed E-state index contributed by atoms with van der Waals surface area (Å²) in [6, 6.07) is 1.48. The zero-order valence-electron chi connectivity index (χ0n) is 12.7. The van der Waals surface area contributed by atoms with Gasteiger partial charge < -0.3 is 15.0 Å². The van der Waals surface area contributed by atoms with E-state index in [4.69, 9.17) is 4.74 Å². The molecule has 0 radical (unpaired) electrons. The molecular weight excluding hydrogens is 238 g/mol. The van der Waals surface area contributed by atoms with Crippen LogP contribution in [0.2, 0.25) is 0 Å². The molecule has 2 fully saturated rings. The zero-order valence-corrected chi connectivity index (χ0v) is 12.7. The normalized spacial score (nSPS) is 26.4. The lowest BCUT2D eigenvalue weighted by atomic mass is 10.2. The van der Waals surface area contributed by atoms with Crippen molar-refractivity contribution in [2.75, 3.05) is 52.5 Å². The molecule has 1 atom stereocenters. The van der Waals surface area contributed by atoms with E-state index in [2.05, 4.69) is 29.0 Å². The smallest absolute Gasteiger partial charge is 0.0594 e. The van der Waals surface area contributed by atoms with Gasteiger partial charge in [0, 0.05) is 44.8 Å². The van der Waals surface area contributed by atoms with Crippen LogP contribution >= 0.6 is 0 Å². The van der Waals surface area contributed by atoms with Gasteiger partial charge in [0.1, 0.15) is 0 Å². The topological polar surface area (TPSA) is 27.7 Å². The fraction of sp³-hybridized carbons (Fsp3) is 1.00. The van der Waals surface area contributed by atoms with Crippen molar-refractivity contribution in [3.05, 3.63) is 0 Å². The average Bonchev–Trinajstić information content (AvgIpc) is 2.93. The molecule has 4 heteroatoms. The summed E-state index contributed by atoms with van der Waals surface area (Å²) >= 11 is 0. The van der Waals surface area contributed by atoms with Gasteiger partial charge in [-0.25, -0.2) is 0 Å². The van der Waals surface area contributed by atoms with E-state index in [0.717, 1.165) is 38.9 Å². The summed E-state index contributed by atoms with van der Waals surface area (Å²) < 4.78 is 5.44. The third-order valence-electron chi connectivity index (χ3n) is 4.66. The van der Waals surface area contributed by atoms with Crippen LogP contribution in [0.4, 0.5) is 0 Å². The van der Waals surface area contributed by atoms with Gasteiger partial charge in [0.2, 0.25) is 0 Å². The highest BCUT2D eigenvalue weighted by molar-refractivity contribution is 4.84. The minimum atomic E-state index is 0.706. The van der Waals surface area contributed by atoms with Gasteiger partial charge in [-0.3, -0.25) is 4.90 Å². The van der Waals surface area contributed by atoms with Crippen molar-refractivity contribution >= 4 is 0 Å². The molecule has 0 saturated carbocycles. The van der Waals surface area contributed by atoms with Gasteiger partial charge in [0.15, 0.2) is 0 Å². The molecule has 0 aromatic rings. The van der Waals surface area contributed by atoms with Crippen molar-refractivity contribution in [2.24, 2.45) is 0 Å². The third-order valence-corrected chi connectivity index (χ3v) is 4.66. The lowest BCUT2D eigenvalue weighted by molar-refractivity contribution is 0.0185. The molecule has 1 N–H and O–H groups in total. The molecule has 0 aliphatic carbocycles. The van der Waals surface area contributed by atoms with Crippen molar-refractivity contribution in [1.29, 1.82) is 0 Å². The molecule has 0 spiro atoms. The largest absolute Gasteiger partial charge is 0.379 e. The first kappa shape index (κ1) is 15.2. The number of hydrogen-bond donors (Lipinski definition) is 1. The maximum atomic E-state index is 5.44. The van der Waals surface area contributed by atoms with E-state index in [9.17, 15) is 0 Å². The van der Waals surface area contributed by atoms with Gasteiger partial charge >= 0.3 is 0 Å². The van der Waals surface area contributed by atoms with Crippen molar-refractivity contribution in [1.82, 2.24) is 15.1 Å². The van der Waals surface area contributed by atoms with Crippen molar-refractivity contribution < 1.29 is 4.74 Å². The molecule has 0 bridgehead atoms. The van der Waals surface area contributed by atoms with Gasteiger partial charge in [-0.05, 0) is 25.8 Å². The Hall–Kier alpha value is -0.160. The second-order valence-electron chi connectivity index (χ2n) is 5.86. The predicted molar refractivity (Wildman–Crippen MR) is 79.6 cm³/mol. The monoisotopic (exact) mass is 269 g/mol. The Balaban J connectivity index is 1.61. The van der Waals surface area contributed by atoms with Crippen LogP contribution in [0, 0.1) is 0 Å². The second-order valence-corrected chi connectivity index (χ2v) is 5.86. The van der Waals surface area contributed by atoms with E-state index >= 15 is 0 Å². The second kappa shape index (κ2) is 8.20. The summed E-state index contributed by atoms with van der Waals surface area (Å²) in [5.74, 6) is 0. The number of nitrogens with zero attached hydrogens (tertiary/aromatic N) is 2. The first-order chi connectivity index (χ1) is 9.33. The molecule has 2 saturated heterocycles. The predicted octanol–water partition coefficient (Wildman–Crippen LogP) is 1.17. The van der Waals surface area contributed by atoms with E-state index in [1.165, 1.54) is 38.9 Å². The zero-order chi connectivity index (χ0) is 13.5. The Kier molecular flexibility index (Phi) is 6.57. The average molecular weight is 269 g/mol. The van der Waals surface area contributed by atoms with Crippen LogP contribution in [0.5, 0.6) is 0 Å². The Morgan fingerprint density at radius 1 is 1.16 bits per heavy atom. The summed E-state index contributed by atoms with van der Waals surface area (Å²) in [6.45, 7) is 13.5. The molecule has 0 aromatic heterocycles. The Labute approximate surface area is 118 Å². The standard InChI is InChI=1S/C15H31N3O/c1-3-14(4-2)16-6-8-17-7-5-15(13-17)18-9-11-19-12-10-18/h14-16H,3-13H2,1-2H3. The number of likely N-dealkylation sites (tertiary alicyclic amines) is 1. The summed E-state index contributed by atoms with van der Waals surface area (Å²) in [5, 5.41) is 3.67. The van der Waals surface area contributed by atoms with Gasteiger partial charge in [0.05, 0.1) is 13.2 Å². The minimum absolute atomic E-state index is 0.706. The van der Waals surface area contributed by atoms with Crippen LogP contribution in [0.3, 0.4) is 0 Å². The molecule has 112 valence electrons. The van der Waals surface area contributed by atoms with Crippen LogP contribution in [-0.2, 0) is 4.74 Å². The number of morpholine rings is 1. The van der Waals surface area contributed by atoms with Crippen LogP contribution < -0.4 is 5.32 Å². The van der Waals surface area contributed by atoms with E-state index in [1.54, 1.807) is 0 Å². The highest BCUT2D eigenvalue weighted by Gasteiger charge is 2.28. The Morgan fingerprint density at radius 2 is 1.89 bits per heavy atom. The highest BCUT2D eigenvalue weighted by atomic mass is 16.5. The molecule has 19 heavy (non-hydrogen) atoms. The lowest BCUT2D eigenvalue weighted by Gasteiger charge is -2.32. The van der Waals surface area contributed by atoms with Crippen molar-refractivity contribution in [3.8, 4) is 0 Å². The summed E-state index contributed by atoms with van der Waals surface area (Å²) in [5.41, 5.74) is 0. The fourth-order valence-electron chi connectivity index (χ4n) is 3.26. The molecule has 0 amide bonds. The van der Waals surface area contributed by atoms with Gasteiger partial charge in [-0.15, -0.1) is 0 Å². The van der Waals surface area contributed by atoms with Crippen LogP contribution in [0.1, 0.15) is 33.1 Å². The number of ether oxygens (including phenoxy) is 1. The first-order valence-electron chi connectivity index (χ1n) is 8.11. The van der Waals surface area contributed by atoms with Crippen molar-refractivity contribution in [3.63, 3.8) is 0 Å². The molecular formula is C15H31N3O. The van der Waals surface area contributed by atoms with E-state index < -0.39 is 0 Å². The maximum absolute atomic E-state index is 5.44. The number of hydrogen-bond acceptors (Lipinski definition) is 4. The number of rotatable bonds is 7. The lowest BCUT2D eigenvalue weighted by Crippen LogP contribution is -2.45. The van der Waals surface area contributed by atoms with E-state index in [1.807, 2.05) is 0 Å². The first-order valence-corrected chi connectivity index (χ1v) is 8.11. The van der Waals surface area contributed by atoms with Crippen LogP contribution in [0.15, 0.2) is 0 Å². The van der Waals surface area contributed by atoms with Crippen molar-refractivity contribution in [2.45, 2.75) is 45.2 Å². The van der Waals surface area contributed by atoms with Crippen LogP contribution in [-0.4, -0.2) is 74.4 Å². The van der Waals surface area contributed by atoms with Gasteiger partial charge in [0.25, 0.3) is 0 Å². The van der Waals surface area contributed by atoms with E-state index in [0.29, 0.717) is 6.04 Å². The molecule has 2 aliphatic rings. The van der Waals surface area contributed by atoms with Crippen LogP contribution in [0.25, 0.3) is 0 Å². The summed E-state index contributed by atoms with van der Waals surface area (Å²) in [7, 11) is 0.